The highest BCUT2D eigenvalue weighted by molar-refractivity contribution is 7.12. The second-order valence-electron chi connectivity index (χ2n) is 5.40. The smallest absolute Gasteiger partial charge is 0.265 e. The highest BCUT2D eigenvalue weighted by Gasteiger charge is 2.12. The van der Waals surface area contributed by atoms with Crippen LogP contribution in [0.4, 0.5) is 5.69 Å². The summed E-state index contributed by atoms with van der Waals surface area (Å²) < 4.78 is 0. The van der Waals surface area contributed by atoms with E-state index in [0.717, 1.165) is 28.1 Å². The number of hydrogen-bond acceptors (Lipinski definition) is 4. The third kappa shape index (κ3) is 3.20. The molecule has 0 fully saturated rings. The molecular weight excluding hydrogens is 332 g/mol. The van der Waals surface area contributed by atoms with Crippen LogP contribution in [0.2, 0.25) is 0 Å². The van der Waals surface area contributed by atoms with Gasteiger partial charge in [0, 0.05) is 35.4 Å². The van der Waals surface area contributed by atoms with Crippen molar-refractivity contribution in [3.8, 4) is 22.4 Å². The number of aromatic nitrogens is 3. The Kier molecular flexibility index (Phi) is 4.10. The fourth-order valence-electron chi connectivity index (χ4n) is 2.61. The van der Waals surface area contributed by atoms with E-state index in [9.17, 15) is 4.79 Å². The fourth-order valence-corrected chi connectivity index (χ4v) is 3.23. The van der Waals surface area contributed by atoms with E-state index in [4.69, 9.17) is 0 Å². The Balaban J connectivity index is 1.65. The molecular formula is C19H14N4OS. The maximum atomic E-state index is 12.2. The predicted octanol–water partition coefficient (Wildman–Crippen LogP) is 4.45. The number of pyridine rings is 1. The Morgan fingerprint density at radius 3 is 2.72 bits per heavy atom. The summed E-state index contributed by atoms with van der Waals surface area (Å²) in [7, 11) is 0. The molecule has 0 saturated carbocycles. The summed E-state index contributed by atoms with van der Waals surface area (Å²) in [5, 5.41) is 12.1. The number of amides is 1. The molecule has 4 aromatic rings. The van der Waals surface area contributed by atoms with Gasteiger partial charge in [0.05, 0.1) is 10.6 Å². The SMILES string of the molecule is O=C(Nc1cccc(-c2n[nH]cc2-c2ccncc2)c1)c1cccs1. The van der Waals surface area contributed by atoms with Crippen molar-refractivity contribution >= 4 is 22.9 Å². The van der Waals surface area contributed by atoms with Crippen LogP contribution in [0.15, 0.2) is 72.5 Å². The lowest BCUT2D eigenvalue weighted by molar-refractivity contribution is 0.103. The van der Waals surface area contributed by atoms with Crippen LogP contribution < -0.4 is 5.32 Å². The molecule has 1 aromatic carbocycles. The molecule has 0 saturated heterocycles. The zero-order valence-corrected chi connectivity index (χ0v) is 14.0. The Morgan fingerprint density at radius 2 is 1.92 bits per heavy atom. The molecule has 3 aromatic heterocycles. The molecule has 0 aliphatic rings. The van der Waals surface area contributed by atoms with E-state index in [2.05, 4.69) is 20.5 Å². The number of aromatic amines is 1. The zero-order valence-electron chi connectivity index (χ0n) is 13.1. The lowest BCUT2D eigenvalue weighted by atomic mass is 10.0. The van der Waals surface area contributed by atoms with E-state index in [1.54, 1.807) is 18.5 Å². The average Bonchev–Trinajstić information content (AvgIpc) is 3.34. The van der Waals surface area contributed by atoms with E-state index < -0.39 is 0 Å². The minimum atomic E-state index is -0.108. The van der Waals surface area contributed by atoms with Gasteiger partial charge >= 0.3 is 0 Å². The molecule has 2 N–H and O–H groups in total. The average molecular weight is 346 g/mol. The molecule has 122 valence electrons. The molecule has 6 heteroatoms. The van der Waals surface area contributed by atoms with Gasteiger partial charge < -0.3 is 5.32 Å². The van der Waals surface area contributed by atoms with Crippen molar-refractivity contribution in [1.82, 2.24) is 15.2 Å². The molecule has 0 aliphatic heterocycles. The van der Waals surface area contributed by atoms with Crippen LogP contribution in [-0.4, -0.2) is 21.1 Å². The van der Waals surface area contributed by atoms with Crippen molar-refractivity contribution in [2.45, 2.75) is 0 Å². The molecule has 1 amide bonds. The van der Waals surface area contributed by atoms with Gasteiger partial charge in [0.25, 0.3) is 5.91 Å². The van der Waals surface area contributed by atoms with Gasteiger partial charge in [-0.05, 0) is 41.3 Å². The minimum Gasteiger partial charge on any atom is -0.321 e. The Hall–Kier alpha value is -3.25. The van der Waals surface area contributed by atoms with E-state index in [1.165, 1.54) is 11.3 Å². The minimum absolute atomic E-state index is 0.108. The first-order valence-electron chi connectivity index (χ1n) is 7.71. The molecule has 0 radical (unpaired) electrons. The quantitative estimate of drug-likeness (QED) is 0.573. The summed E-state index contributed by atoms with van der Waals surface area (Å²) in [6.45, 7) is 0. The van der Waals surface area contributed by atoms with Crippen molar-refractivity contribution in [2.75, 3.05) is 5.32 Å². The van der Waals surface area contributed by atoms with Gasteiger partial charge in [-0.3, -0.25) is 14.9 Å². The monoisotopic (exact) mass is 346 g/mol. The number of carbonyl (C=O) groups is 1. The number of benzene rings is 1. The van der Waals surface area contributed by atoms with Crippen LogP contribution in [-0.2, 0) is 0 Å². The van der Waals surface area contributed by atoms with Gasteiger partial charge in [-0.25, -0.2) is 0 Å². The molecule has 3 heterocycles. The number of hydrogen-bond donors (Lipinski definition) is 2. The van der Waals surface area contributed by atoms with Crippen LogP contribution in [0.5, 0.6) is 0 Å². The van der Waals surface area contributed by atoms with Gasteiger partial charge in [-0.1, -0.05) is 18.2 Å². The topological polar surface area (TPSA) is 70.7 Å². The fraction of sp³-hybridized carbons (Fsp3) is 0. The summed E-state index contributed by atoms with van der Waals surface area (Å²) in [5.74, 6) is -0.108. The number of rotatable bonds is 4. The van der Waals surface area contributed by atoms with Gasteiger partial charge in [0.15, 0.2) is 0 Å². The van der Waals surface area contributed by atoms with Crippen LogP contribution in [0.25, 0.3) is 22.4 Å². The molecule has 25 heavy (non-hydrogen) atoms. The summed E-state index contributed by atoms with van der Waals surface area (Å²) in [4.78, 5) is 17.0. The maximum absolute atomic E-state index is 12.2. The third-order valence-electron chi connectivity index (χ3n) is 3.77. The second-order valence-corrected chi connectivity index (χ2v) is 6.34. The summed E-state index contributed by atoms with van der Waals surface area (Å²) >= 11 is 1.42. The van der Waals surface area contributed by atoms with Crippen molar-refractivity contribution in [2.24, 2.45) is 0 Å². The van der Waals surface area contributed by atoms with Crippen LogP contribution >= 0.6 is 11.3 Å². The van der Waals surface area contributed by atoms with Crippen LogP contribution in [0.1, 0.15) is 9.67 Å². The summed E-state index contributed by atoms with van der Waals surface area (Å²) in [6.07, 6.45) is 5.37. The normalized spacial score (nSPS) is 10.6. The molecule has 0 unspecified atom stereocenters. The zero-order chi connectivity index (χ0) is 17.1. The van der Waals surface area contributed by atoms with E-state index in [-0.39, 0.29) is 5.91 Å². The highest BCUT2D eigenvalue weighted by atomic mass is 32.1. The van der Waals surface area contributed by atoms with Crippen molar-refractivity contribution in [3.05, 3.63) is 77.4 Å². The predicted molar refractivity (Wildman–Crippen MR) is 99.5 cm³/mol. The number of H-pyrrole nitrogens is 1. The summed E-state index contributed by atoms with van der Waals surface area (Å²) in [5.41, 5.74) is 4.52. The number of anilines is 1. The lowest BCUT2D eigenvalue weighted by Gasteiger charge is -2.07. The molecule has 0 atom stereocenters. The Labute approximate surface area is 148 Å². The van der Waals surface area contributed by atoms with Crippen molar-refractivity contribution in [3.63, 3.8) is 0 Å². The third-order valence-corrected chi connectivity index (χ3v) is 4.64. The van der Waals surface area contributed by atoms with E-state index in [1.807, 2.05) is 54.0 Å². The molecule has 0 bridgehead atoms. The Morgan fingerprint density at radius 1 is 1.04 bits per heavy atom. The van der Waals surface area contributed by atoms with Gasteiger partial charge in [0.1, 0.15) is 0 Å². The second kappa shape index (κ2) is 6.70. The largest absolute Gasteiger partial charge is 0.321 e. The van der Waals surface area contributed by atoms with Gasteiger partial charge in [-0.15, -0.1) is 11.3 Å². The van der Waals surface area contributed by atoms with Gasteiger partial charge in [0.2, 0.25) is 0 Å². The highest BCUT2D eigenvalue weighted by Crippen LogP contribution is 2.31. The number of carbonyl (C=O) groups excluding carboxylic acids is 1. The molecule has 5 nitrogen and oxygen atoms in total. The standard InChI is InChI=1S/C19H14N4OS/c24-19(17-5-2-10-25-17)22-15-4-1-3-14(11-15)18-16(12-21-23-18)13-6-8-20-9-7-13/h1-12H,(H,21,23)(H,22,24). The first kappa shape index (κ1) is 15.3. The van der Waals surface area contributed by atoms with Crippen molar-refractivity contribution in [1.29, 1.82) is 0 Å². The summed E-state index contributed by atoms with van der Waals surface area (Å²) in [6, 6.07) is 15.2. The molecule has 0 aliphatic carbocycles. The number of nitrogens with zero attached hydrogens (tertiary/aromatic N) is 2. The van der Waals surface area contributed by atoms with E-state index in [0.29, 0.717) is 4.88 Å². The first-order valence-corrected chi connectivity index (χ1v) is 8.59. The number of thiophene rings is 1. The number of nitrogens with one attached hydrogen (secondary N) is 2. The molecule has 0 spiro atoms. The van der Waals surface area contributed by atoms with Gasteiger partial charge in [-0.2, -0.15) is 5.10 Å². The first-order chi connectivity index (χ1) is 12.3. The lowest BCUT2D eigenvalue weighted by Crippen LogP contribution is -2.09. The maximum Gasteiger partial charge on any atom is 0.265 e. The van der Waals surface area contributed by atoms with Crippen LogP contribution in [0.3, 0.4) is 0 Å². The van der Waals surface area contributed by atoms with Crippen LogP contribution in [0, 0.1) is 0 Å². The van der Waals surface area contributed by atoms with Crippen molar-refractivity contribution < 1.29 is 4.79 Å². The van der Waals surface area contributed by atoms with E-state index >= 15 is 0 Å². The Bertz CT molecular complexity index is 993. The molecule has 4 rings (SSSR count).